The summed E-state index contributed by atoms with van der Waals surface area (Å²) in [5.41, 5.74) is 0.147. The van der Waals surface area contributed by atoms with Crippen LogP contribution in [0.25, 0.3) is 0 Å². The molecule has 2 saturated heterocycles. The average molecular weight is 294 g/mol. The van der Waals surface area contributed by atoms with Gasteiger partial charge in [-0.1, -0.05) is 6.92 Å². The monoisotopic (exact) mass is 294 g/mol. The quantitative estimate of drug-likeness (QED) is 0.841. The highest BCUT2D eigenvalue weighted by molar-refractivity contribution is 7.09. The number of nitrogens with zero attached hydrogens (tertiary/aromatic N) is 2. The molecular formula is C15H22N2O2S. The zero-order chi connectivity index (χ0) is 14.0. The molecule has 2 fully saturated rings. The molecule has 0 spiro atoms. The van der Waals surface area contributed by atoms with Crippen molar-refractivity contribution in [3.63, 3.8) is 0 Å². The molecule has 0 N–H and O–H groups in total. The molecule has 3 heterocycles. The third-order valence-corrected chi connectivity index (χ3v) is 5.72. The number of hydrogen-bond acceptors (Lipinski definition) is 4. The van der Waals surface area contributed by atoms with Crippen LogP contribution in [-0.4, -0.2) is 42.1 Å². The van der Waals surface area contributed by atoms with E-state index in [1.54, 1.807) is 11.3 Å². The standard InChI is InChI=1S/C15H22N2O2S/c1-15(14-16-6-10-20-14)4-7-17(8-5-15)13(18)12-3-2-9-19-11-12/h6,10,12H,2-5,7-9,11H2,1H3. The van der Waals surface area contributed by atoms with Crippen LogP contribution in [0.5, 0.6) is 0 Å². The van der Waals surface area contributed by atoms with E-state index in [9.17, 15) is 4.79 Å². The highest BCUT2D eigenvalue weighted by atomic mass is 32.1. The Morgan fingerprint density at radius 1 is 1.50 bits per heavy atom. The Balaban J connectivity index is 1.59. The van der Waals surface area contributed by atoms with Crippen LogP contribution in [0.15, 0.2) is 11.6 Å². The minimum Gasteiger partial charge on any atom is -0.381 e. The van der Waals surface area contributed by atoms with Crippen molar-refractivity contribution in [1.82, 2.24) is 9.88 Å². The first-order valence-corrected chi connectivity index (χ1v) is 8.33. The number of amides is 1. The van der Waals surface area contributed by atoms with Gasteiger partial charge in [0.1, 0.15) is 0 Å². The number of carbonyl (C=O) groups excluding carboxylic acids is 1. The molecule has 2 aliphatic rings. The molecule has 0 saturated carbocycles. The van der Waals surface area contributed by atoms with Gasteiger partial charge in [0.2, 0.25) is 5.91 Å². The second-order valence-corrected chi connectivity index (χ2v) is 7.03. The largest absolute Gasteiger partial charge is 0.381 e. The van der Waals surface area contributed by atoms with Crippen molar-refractivity contribution in [3.05, 3.63) is 16.6 Å². The summed E-state index contributed by atoms with van der Waals surface area (Å²) in [4.78, 5) is 19.0. The van der Waals surface area contributed by atoms with Crippen LogP contribution in [0.4, 0.5) is 0 Å². The van der Waals surface area contributed by atoms with Gasteiger partial charge in [-0.25, -0.2) is 4.98 Å². The number of carbonyl (C=O) groups is 1. The predicted molar refractivity (Wildman–Crippen MR) is 78.8 cm³/mol. The Hall–Kier alpha value is -0.940. The maximum Gasteiger partial charge on any atom is 0.228 e. The van der Waals surface area contributed by atoms with Crippen molar-refractivity contribution in [2.75, 3.05) is 26.3 Å². The Kier molecular flexibility index (Phi) is 4.08. The Labute approximate surface area is 124 Å². The van der Waals surface area contributed by atoms with Crippen molar-refractivity contribution in [3.8, 4) is 0 Å². The fraction of sp³-hybridized carbons (Fsp3) is 0.733. The van der Waals surface area contributed by atoms with Gasteiger partial charge in [-0.05, 0) is 25.7 Å². The number of hydrogen-bond donors (Lipinski definition) is 0. The van der Waals surface area contributed by atoms with Gasteiger partial charge in [-0.3, -0.25) is 4.79 Å². The van der Waals surface area contributed by atoms with Crippen molar-refractivity contribution in [1.29, 1.82) is 0 Å². The van der Waals surface area contributed by atoms with Crippen LogP contribution >= 0.6 is 11.3 Å². The molecule has 0 aromatic carbocycles. The summed E-state index contributed by atoms with van der Waals surface area (Å²) in [6.45, 7) is 5.40. The molecule has 0 bridgehead atoms. The van der Waals surface area contributed by atoms with Crippen molar-refractivity contribution >= 4 is 17.2 Å². The minimum absolute atomic E-state index is 0.0907. The van der Waals surface area contributed by atoms with E-state index in [0.29, 0.717) is 12.5 Å². The van der Waals surface area contributed by atoms with Gasteiger partial charge in [0, 0.05) is 36.7 Å². The number of ether oxygens (including phenoxy) is 1. The minimum atomic E-state index is 0.0907. The summed E-state index contributed by atoms with van der Waals surface area (Å²) in [6, 6.07) is 0. The second kappa shape index (κ2) is 5.82. The number of likely N-dealkylation sites (tertiary alicyclic amines) is 1. The second-order valence-electron chi connectivity index (χ2n) is 6.14. The molecule has 1 aromatic heterocycles. The fourth-order valence-corrected chi connectivity index (χ4v) is 4.01. The third-order valence-electron chi connectivity index (χ3n) is 4.64. The number of aromatic nitrogens is 1. The van der Waals surface area contributed by atoms with Gasteiger partial charge < -0.3 is 9.64 Å². The molecule has 1 unspecified atom stereocenters. The van der Waals surface area contributed by atoms with Crippen molar-refractivity contribution < 1.29 is 9.53 Å². The molecule has 0 radical (unpaired) electrons. The zero-order valence-corrected chi connectivity index (χ0v) is 12.8. The topological polar surface area (TPSA) is 42.4 Å². The van der Waals surface area contributed by atoms with E-state index < -0.39 is 0 Å². The highest BCUT2D eigenvalue weighted by Gasteiger charge is 2.37. The van der Waals surface area contributed by atoms with E-state index in [2.05, 4.69) is 11.9 Å². The maximum atomic E-state index is 12.5. The lowest BCUT2D eigenvalue weighted by Gasteiger charge is -2.39. The maximum absolute atomic E-state index is 12.5. The van der Waals surface area contributed by atoms with Crippen LogP contribution in [0.2, 0.25) is 0 Å². The van der Waals surface area contributed by atoms with Gasteiger partial charge in [0.05, 0.1) is 17.5 Å². The Bertz CT molecular complexity index is 446. The van der Waals surface area contributed by atoms with Crippen LogP contribution in [0.3, 0.4) is 0 Å². The van der Waals surface area contributed by atoms with Crippen LogP contribution in [-0.2, 0) is 14.9 Å². The van der Waals surface area contributed by atoms with E-state index in [1.165, 1.54) is 5.01 Å². The average Bonchev–Trinajstić information content (AvgIpc) is 3.03. The molecule has 20 heavy (non-hydrogen) atoms. The first kappa shape index (κ1) is 14.0. The van der Waals surface area contributed by atoms with Crippen LogP contribution in [0.1, 0.15) is 37.6 Å². The summed E-state index contributed by atoms with van der Waals surface area (Å²) in [5.74, 6) is 0.388. The van der Waals surface area contributed by atoms with Gasteiger partial charge in [0.25, 0.3) is 0 Å². The third kappa shape index (κ3) is 2.74. The van der Waals surface area contributed by atoms with E-state index in [1.807, 2.05) is 16.5 Å². The van der Waals surface area contributed by atoms with E-state index in [0.717, 1.165) is 45.4 Å². The summed E-state index contributed by atoms with van der Waals surface area (Å²) in [7, 11) is 0. The summed E-state index contributed by atoms with van der Waals surface area (Å²) in [6.07, 6.45) is 5.90. The molecule has 110 valence electrons. The molecule has 5 heteroatoms. The lowest BCUT2D eigenvalue weighted by atomic mass is 9.80. The fourth-order valence-electron chi connectivity index (χ4n) is 3.15. The number of thiazole rings is 1. The molecule has 4 nitrogen and oxygen atoms in total. The Morgan fingerprint density at radius 3 is 2.90 bits per heavy atom. The molecule has 3 rings (SSSR count). The molecule has 1 atom stereocenters. The molecular weight excluding hydrogens is 272 g/mol. The van der Waals surface area contributed by atoms with Gasteiger partial charge >= 0.3 is 0 Å². The number of piperidine rings is 1. The SMILES string of the molecule is CC1(c2nccs2)CCN(C(=O)C2CCCOC2)CC1. The van der Waals surface area contributed by atoms with Crippen molar-refractivity contribution in [2.24, 2.45) is 5.92 Å². The van der Waals surface area contributed by atoms with E-state index >= 15 is 0 Å². The summed E-state index contributed by atoms with van der Waals surface area (Å²) < 4.78 is 5.44. The Morgan fingerprint density at radius 2 is 2.30 bits per heavy atom. The predicted octanol–water partition coefficient (Wildman–Crippen LogP) is 2.45. The first-order valence-electron chi connectivity index (χ1n) is 7.45. The smallest absolute Gasteiger partial charge is 0.228 e. The lowest BCUT2D eigenvalue weighted by Crippen LogP contribution is -2.47. The number of rotatable bonds is 2. The first-order chi connectivity index (χ1) is 9.69. The zero-order valence-electron chi connectivity index (χ0n) is 12.0. The van der Waals surface area contributed by atoms with Gasteiger partial charge in [0.15, 0.2) is 0 Å². The summed E-state index contributed by atoms with van der Waals surface area (Å²) in [5, 5.41) is 3.25. The van der Waals surface area contributed by atoms with E-state index in [4.69, 9.17) is 4.74 Å². The lowest BCUT2D eigenvalue weighted by molar-refractivity contribution is -0.141. The van der Waals surface area contributed by atoms with Gasteiger partial charge in [-0.15, -0.1) is 11.3 Å². The molecule has 1 aromatic rings. The normalized spacial score (nSPS) is 26.4. The molecule has 1 amide bonds. The van der Waals surface area contributed by atoms with Crippen molar-refractivity contribution in [2.45, 2.75) is 38.0 Å². The molecule has 2 aliphatic heterocycles. The van der Waals surface area contributed by atoms with E-state index in [-0.39, 0.29) is 11.3 Å². The van der Waals surface area contributed by atoms with Crippen LogP contribution < -0.4 is 0 Å². The summed E-state index contributed by atoms with van der Waals surface area (Å²) >= 11 is 1.73. The van der Waals surface area contributed by atoms with Gasteiger partial charge in [-0.2, -0.15) is 0 Å². The molecule has 0 aliphatic carbocycles. The van der Waals surface area contributed by atoms with Crippen LogP contribution in [0, 0.1) is 5.92 Å². The highest BCUT2D eigenvalue weighted by Crippen LogP contribution is 2.36.